The number of rotatable bonds is 8. The summed E-state index contributed by atoms with van der Waals surface area (Å²) in [7, 11) is 3.01. The largest absolute Gasteiger partial charge is 0.495 e. The fourth-order valence-electron chi connectivity index (χ4n) is 1.74. The van der Waals surface area contributed by atoms with Gasteiger partial charge in [-0.05, 0) is 31.0 Å². The third-order valence-electron chi connectivity index (χ3n) is 2.90. The average molecular weight is 296 g/mol. The first-order chi connectivity index (χ1) is 9.99. The normalized spacial score (nSPS) is 11.8. The monoisotopic (exact) mass is 296 g/mol. The molecule has 0 aliphatic heterocycles. The molecule has 116 valence electrons. The number of benzene rings is 1. The second-order valence-corrected chi connectivity index (χ2v) is 4.45. The van der Waals surface area contributed by atoms with E-state index >= 15 is 0 Å². The maximum absolute atomic E-state index is 12.0. The zero-order valence-corrected chi connectivity index (χ0v) is 12.1. The number of carbonyl (C=O) groups is 2. The Morgan fingerprint density at radius 3 is 2.67 bits per heavy atom. The van der Waals surface area contributed by atoms with Crippen LogP contribution in [-0.2, 0) is 9.53 Å². The van der Waals surface area contributed by atoms with Crippen LogP contribution in [0.5, 0.6) is 5.75 Å². The molecule has 0 saturated heterocycles. The van der Waals surface area contributed by atoms with Crippen LogP contribution in [0, 0.1) is 0 Å². The molecule has 0 aromatic heterocycles. The molecule has 1 unspecified atom stereocenters. The number of nitrogens with one attached hydrogen (secondary N) is 1. The van der Waals surface area contributed by atoms with Gasteiger partial charge in [-0.1, -0.05) is 0 Å². The maximum atomic E-state index is 12.0. The Hall–Kier alpha value is -2.12. The highest BCUT2D eigenvalue weighted by Crippen LogP contribution is 2.25. The molecule has 1 aromatic carbocycles. The number of amides is 1. The lowest BCUT2D eigenvalue weighted by atomic mass is 10.1. The van der Waals surface area contributed by atoms with Gasteiger partial charge in [-0.15, -0.1) is 0 Å². The standard InChI is InChI=1S/C14H20N2O5/c1-20-7-3-4-10(15)13(17)16-11-8-9(14(18)19)5-6-12(11)21-2/h5-6,8,10H,3-4,7,15H2,1-2H3,(H,16,17)(H,18,19). The first kappa shape index (κ1) is 16.9. The minimum atomic E-state index is -1.09. The lowest BCUT2D eigenvalue weighted by Gasteiger charge is -2.14. The molecule has 0 radical (unpaired) electrons. The van der Waals surface area contributed by atoms with E-state index < -0.39 is 17.9 Å². The van der Waals surface area contributed by atoms with Gasteiger partial charge >= 0.3 is 5.97 Å². The van der Waals surface area contributed by atoms with Crippen molar-refractivity contribution in [2.24, 2.45) is 5.73 Å². The van der Waals surface area contributed by atoms with Gasteiger partial charge in [0.15, 0.2) is 0 Å². The van der Waals surface area contributed by atoms with Crippen molar-refractivity contribution in [3.05, 3.63) is 23.8 Å². The van der Waals surface area contributed by atoms with Crippen LogP contribution < -0.4 is 15.8 Å². The van der Waals surface area contributed by atoms with Crippen molar-refractivity contribution in [3.63, 3.8) is 0 Å². The molecule has 21 heavy (non-hydrogen) atoms. The molecule has 1 aromatic rings. The van der Waals surface area contributed by atoms with E-state index in [1.165, 1.54) is 25.3 Å². The second-order valence-electron chi connectivity index (χ2n) is 4.45. The molecule has 0 aliphatic rings. The number of methoxy groups -OCH3 is 2. The summed E-state index contributed by atoms with van der Waals surface area (Å²) in [4.78, 5) is 22.9. The SMILES string of the molecule is COCCCC(N)C(=O)Nc1cc(C(=O)O)ccc1OC. The third-order valence-corrected chi connectivity index (χ3v) is 2.90. The molecule has 1 atom stereocenters. The smallest absolute Gasteiger partial charge is 0.335 e. The molecule has 0 bridgehead atoms. The highest BCUT2D eigenvalue weighted by Gasteiger charge is 2.16. The molecular formula is C14H20N2O5. The van der Waals surface area contributed by atoms with Crippen LogP contribution >= 0.6 is 0 Å². The Kier molecular flexibility index (Phi) is 6.64. The summed E-state index contributed by atoms with van der Waals surface area (Å²) in [5.74, 6) is -1.11. The fraction of sp³-hybridized carbons (Fsp3) is 0.429. The van der Waals surface area contributed by atoms with Crippen molar-refractivity contribution < 1.29 is 24.2 Å². The number of hydrogen-bond acceptors (Lipinski definition) is 5. The summed E-state index contributed by atoms with van der Waals surface area (Å²) in [6.45, 7) is 0.527. The van der Waals surface area contributed by atoms with E-state index in [4.69, 9.17) is 20.3 Å². The van der Waals surface area contributed by atoms with Gasteiger partial charge in [0.2, 0.25) is 5.91 Å². The zero-order valence-electron chi connectivity index (χ0n) is 12.1. The molecule has 7 nitrogen and oxygen atoms in total. The first-order valence-electron chi connectivity index (χ1n) is 6.46. The van der Waals surface area contributed by atoms with Crippen LogP contribution in [-0.4, -0.2) is 43.9 Å². The van der Waals surface area contributed by atoms with Gasteiger partial charge < -0.3 is 25.6 Å². The number of ether oxygens (including phenoxy) is 2. The number of aromatic carboxylic acids is 1. The molecule has 0 fully saturated rings. The quantitative estimate of drug-likeness (QED) is 0.619. The summed E-state index contributed by atoms with van der Waals surface area (Å²) in [6.07, 6.45) is 1.14. The van der Waals surface area contributed by atoms with Crippen molar-refractivity contribution in [1.29, 1.82) is 0 Å². The minimum absolute atomic E-state index is 0.0547. The van der Waals surface area contributed by atoms with Crippen molar-refractivity contribution in [2.45, 2.75) is 18.9 Å². The molecule has 7 heteroatoms. The Labute approximate surface area is 123 Å². The van der Waals surface area contributed by atoms with Crippen LogP contribution in [0.3, 0.4) is 0 Å². The van der Waals surface area contributed by atoms with Crippen LogP contribution in [0.1, 0.15) is 23.2 Å². The number of nitrogens with two attached hydrogens (primary N) is 1. The van der Waals surface area contributed by atoms with Crippen molar-refractivity contribution in [1.82, 2.24) is 0 Å². The Morgan fingerprint density at radius 2 is 2.10 bits per heavy atom. The lowest BCUT2D eigenvalue weighted by molar-refractivity contribution is -0.117. The third kappa shape index (κ3) is 5.05. The lowest BCUT2D eigenvalue weighted by Crippen LogP contribution is -2.35. The van der Waals surface area contributed by atoms with E-state index in [-0.39, 0.29) is 11.3 Å². The Bertz CT molecular complexity index is 504. The molecule has 1 rings (SSSR count). The highest BCUT2D eigenvalue weighted by molar-refractivity contribution is 5.98. The van der Waals surface area contributed by atoms with Crippen molar-refractivity contribution in [3.8, 4) is 5.75 Å². The number of anilines is 1. The van der Waals surface area contributed by atoms with Gasteiger partial charge in [0.25, 0.3) is 0 Å². The fourth-order valence-corrected chi connectivity index (χ4v) is 1.74. The van der Waals surface area contributed by atoms with Crippen LogP contribution in [0.2, 0.25) is 0 Å². The van der Waals surface area contributed by atoms with Gasteiger partial charge in [-0.25, -0.2) is 4.79 Å². The molecule has 0 heterocycles. The van der Waals surface area contributed by atoms with Crippen LogP contribution in [0.15, 0.2) is 18.2 Å². The number of hydrogen-bond donors (Lipinski definition) is 3. The van der Waals surface area contributed by atoms with E-state index in [9.17, 15) is 9.59 Å². The summed E-state index contributed by atoms with van der Waals surface area (Å²) in [5, 5.41) is 11.6. The second kappa shape index (κ2) is 8.23. The molecule has 4 N–H and O–H groups in total. The molecule has 0 spiro atoms. The minimum Gasteiger partial charge on any atom is -0.495 e. The Balaban J connectivity index is 2.78. The number of carboxylic acids is 1. The van der Waals surface area contributed by atoms with Gasteiger partial charge in [0.1, 0.15) is 5.75 Å². The van der Waals surface area contributed by atoms with E-state index in [2.05, 4.69) is 5.32 Å². The van der Waals surface area contributed by atoms with Crippen molar-refractivity contribution >= 4 is 17.6 Å². The molecule has 1 amide bonds. The predicted molar refractivity (Wildman–Crippen MR) is 77.7 cm³/mol. The van der Waals surface area contributed by atoms with Gasteiger partial charge in [-0.2, -0.15) is 0 Å². The van der Waals surface area contributed by atoms with E-state index in [0.29, 0.717) is 25.2 Å². The van der Waals surface area contributed by atoms with E-state index in [0.717, 1.165) is 0 Å². The average Bonchev–Trinajstić information content (AvgIpc) is 2.47. The molecule has 0 saturated carbocycles. The summed E-state index contributed by atoms with van der Waals surface area (Å²) in [5.41, 5.74) is 6.11. The topological polar surface area (TPSA) is 111 Å². The Morgan fingerprint density at radius 1 is 1.38 bits per heavy atom. The van der Waals surface area contributed by atoms with E-state index in [1.807, 2.05) is 0 Å². The van der Waals surface area contributed by atoms with Gasteiger partial charge in [0, 0.05) is 13.7 Å². The van der Waals surface area contributed by atoms with Crippen LogP contribution in [0.25, 0.3) is 0 Å². The summed E-state index contributed by atoms with van der Waals surface area (Å²) >= 11 is 0. The summed E-state index contributed by atoms with van der Waals surface area (Å²) < 4.78 is 9.99. The zero-order chi connectivity index (χ0) is 15.8. The molecule has 0 aliphatic carbocycles. The van der Waals surface area contributed by atoms with Gasteiger partial charge in [0.05, 0.1) is 24.4 Å². The highest BCUT2D eigenvalue weighted by atomic mass is 16.5. The number of carbonyl (C=O) groups excluding carboxylic acids is 1. The van der Waals surface area contributed by atoms with Gasteiger partial charge in [-0.3, -0.25) is 4.79 Å². The van der Waals surface area contributed by atoms with E-state index in [1.54, 1.807) is 7.11 Å². The predicted octanol–water partition coefficient (Wildman–Crippen LogP) is 1.09. The maximum Gasteiger partial charge on any atom is 0.335 e. The first-order valence-corrected chi connectivity index (χ1v) is 6.46. The number of carboxylic acid groups (broad SMARTS) is 1. The van der Waals surface area contributed by atoms with Crippen molar-refractivity contribution in [2.75, 3.05) is 26.1 Å². The summed E-state index contributed by atoms with van der Waals surface area (Å²) in [6, 6.07) is 3.52. The van der Waals surface area contributed by atoms with Crippen LogP contribution in [0.4, 0.5) is 5.69 Å². The molecular weight excluding hydrogens is 276 g/mol.